The lowest BCUT2D eigenvalue weighted by molar-refractivity contribution is -0.118. The first kappa shape index (κ1) is 40.4. The van der Waals surface area contributed by atoms with Crippen LogP contribution < -0.4 is 15.4 Å². The van der Waals surface area contributed by atoms with Crippen LogP contribution in [0.4, 0.5) is 14.5 Å². The summed E-state index contributed by atoms with van der Waals surface area (Å²) in [5.74, 6) is -4.67. The second kappa shape index (κ2) is 16.4. The molecule has 6 rings (SSSR count). The third-order valence-electron chi connectivity index (χ3n) is 10.3. The average molecular weight is 797 g/mol. The monoisotopic (exact) mass is 795 g/mol. The van der Waals surface area contributed by atoms with Crippen molar-refractivity contribution < 1.29 is 28.2 Å². The van der Waals surface area contributed by atoms with Gasteiger partial charge in [-0.15, -0.1) is 0 Å². The van der Waals surface area contributed by atoms with Gasteiger partial charge in [-0.05, 0) is 64.8 Å². The zero-order chi connectivity index (χ0) is 40.4. The van der Waals surface area contributed by atoms with E-state index in [-0.39, 0.29) is 57.4 Å². The van der Waals surface area contributed by atoms with E-state index in [0.717, 1.165) is 17.2 Å². The van der Waals surface area contributed by atoms with Gasteiger partial charge in [0.05, 0.1) is 35.5 Å². The van der Waals surface area contributed by atoms with Crippen LogP contribution in [0.5, 0.6) is 5.75 Å². The van der Waals surface area contributed by atoms with Gasteiger partial charge < -0.3 is 20.5 Å². The lowest BCUT2D eigenvalue weighted by Gasteiger charge is -2.37. The highest BCUT2D eigenvalue weighted by molar-refractivity contribution is 6.31. The number of methoxy groups -OCH3 is 1. The summed E-state index contributed by atoms with van der Waals surface area (Å²) in [5, 5.41) is 28.1. The number of rotatable bonds is 11. The summed E-state index contributed by atoms with van der Waals surface area (Å²) in [6, 6.07) is 28.6. The molecule has 56 heavy (non-hydrogen) atoms. The summed E-state index contributed by atoms with van der Waals surface area (Å²) in [6.45, 7) is 5.86. The van der Waals surface area contributed by atoms with Gasteiger partial charge in [0.15, 0.2) is 0 Å². The van der Waals surface area contributed by atoms with Crippen molar-refractivity contribution in [3.05, 3.63) is 164 Å². The van der Waals surface area contributed by atoms with Crippen LogP contribution in [0.2, 0.25) is 10.0 Å². The fourth-order valence-electron chi connectivity index (χ4n) is 7.99. The van der Waals surface area contributed by atoms with Crippen LogP contribution in [-0.2, 0) is 23.1 Å². The number of carbonyl (C=O) groups is 2. The predicted octanol–water partition coefficient (Wildman–Crippen LogP) is 10.1. The summed E-state index contributed by atoms with van der Waals surface area (Å²) in [5.41, 5.74) is 0.226. The van der Waals surface area contributed by atoms with Crippen LogP contribution in [-0.4, -0.2) is 36.2 Å². The number of aromatic carboxylic acids is 1. The minimum Gasteiger partial charge on any atom is -0.494 e. The Morgan fingerprint density at radius 3 is 2.14 bits per heavy atom. The van der Waals surface area contributed by atoms with Crippen LogP contribution in [0, 0.1) is 28.4 Å². The molecule has 5 aromatic rings. The Morgan fingerprint density at radius 1 is 0.929 bits per heavy atom. The zero-order valence-corrected chi connectivity index (χ0v) is 32.8. The Balaban J connectivity index is 1.58. The van der Waals surface area contributed by atoms with Crippen molar-refractivity contribution in [2.24, 2.45) is 5.41 Å². The third-order valence-corrected chi connectivity index (χ3v) is 10.9. The van der Waals surface area contributed by atoms with Gasteiger partial charge in [-0.25, -0.2) is 13.6 Å². The van der Waals surface area contributed by atoms with Gasteiger partial charge in [0.25, 0.3) is 0 Å². The third kappa shape index (κ3) is 8.01. The highest BCUT2D eigenvalue weighted by Gasteiger charge is 2.61. The molecule has 0 radical (unpaired) electrons. The molecule has 0 bridgehead atoms. The van der Waals surface area contributed by atoms with E-state index < -0.39 is 52.3 Å². The number of nitrogens with zero attached hydrogens (tertiary/aromatic N) is 1. The van der Waals surface area contributed by atoms with E-state index in [2.05, 4.69) is 16.7 Å². The minimum atomic E-state index is -1.85. The maximum absolute atomic E-state index is 16.4. The lowest BCUT2D eigenvalue weighted by Crippen LogP contribution is -2.45. The Bertz CT molecular complexity index is 2310. The molecule has 1 aliphatic rings. The molecule has 1 amide bonds. The number of hydrogen-bond donors (Lipinski definition) is 3. The van der Waals surface area contributed by atoms with Crippen LogP contribution >= 0.6 is 23.2 Å². The Kier molecular flexibility index (Phi) is 11.9. The molecule has 1 saturated heterocycles. The van der Waals surface area contributed by atoms with Crippen LogP contribution in [0.25, 0.3) is 0 Å². The molecule has 1 aliphatic heterocycles. The largest absolute Gasteiger partial charge is 0.494 e. The van der Waals surface area contributed by atoms with Crippen molar-refractivity contribution in [2.45, 2.75) is 63.5 Å². The van der Waals surface area contributed by atoms with Crippen LogP contribution in [0.1, 0.15) is 76.8 Å². The molecule has 0 unspecified atom stereocenters. The molecular formula is C45H41Cl2F2N3O4. The van der Waals surface area contributed by atoms with E-state index >= 15 is 13.6 Å². The van der Waals surface area contributed by atoms with Crippen molar-refractivity contribution in [3.8, 4) is 11.8 Å². The molecular weight excluding hydrogens is 755 g/mol. The fourth-order valence-corrected chi connectivity index (χ4v) is 8.33. The second-order valence-electron chi connectivity index (χ2n) is 15.3. The van der Waals surface area contributed by atoms with Crippen molar-refractivity contribution in [2.75, 3.05) is 12.4 Å². The first-order valence-corrected chi connectivity index (χ1v) is 18.9. The summed E-state index contributed by atoms with van der Waals surface area (Å²) in [7, 11) is 1.40. The van der Waals surface area contributed by atoms with Gasteiger partial charge in [0, 0.05) is 34.5 Å². The summed E-state index contributed by atoms with van der Waals surface area (Å²) in [6.07, 6.45) is 0.662. The first-order valence-electron chi connectivity index (χ1n) is 18.1. The number of halogens is 4. The number of carboxylic acid groups (broad SMARTS) is 1. The highest BCUT2D eigenvalue weighted by atomic mass is 35.5. The number of carboxylic acids is 1. The number of amides is 1. The molecule has 1 heterocycles. The maximum Gasteiger partial charge on any atom is 0.336 e. The summed E-state index contributed by atoms with van der Waals surface area (Å²) >= 11 is 12.5. The van der Waals surface area contributed by atoms with E-state index in [0.29, 0.717) is 11.1 Å². The van der Waals surface area contributed by atoms with Crippen molar-refractivity contribution in [1.29, 1.82) is 5.26 Å². The molecule has 7 nitrogen and oxygen atoms in total. The second-order valence-corrected chi connectivity index (χ2v) is 16.1. The number of nitriles is 1. The van der Waals surface area contributed by atoms with Gasteiger partial charge in [0.2, 0.25) is 5.91 Å². The van der Waals surface area contributed by atoms with Gasteiger partial charge >= 0.3 is 5.97 Å². The van der Waals surface area contributed by atoms with E-state index in [4.69, 9.17) is 27.9 Å². The van der Waals surface area contributed by atoms with Crippen molar-refractivity contribution >= 4 is 40.8 Å². The molecule has 288 valence electrons. The van der Waals surface area contributed by atoms with Crippen LogP contribution in [0.15, 0.2) is 103 Å². The number of anilines is 1. The number of hydrogen-bond acceptors (Lipinski definition) is 5. The zero-order valence-electron chi connectivity index (χ0n) is 31.3. The highest BCUT2D eigenvalue weighted by Crippen LogP contribution is 2.53. The van der Waals surface area contributed by atoms with Crippen molar-refractivity contribution in [1.82, 2.24) is 5.32 Å². The molecule has 0 spiro atoms. The van der Waals surface area contributed by atoms with Gasteiger partial charge in [0.1, 0.15) is 22.8 Å². The Morgan fingerprint density at radius 2 is 1.57 bits per heavy atom. The van der Waals surface area contributed by atoms with Gasteiger partial charge in [-0.3, -0.25) is 4.79 Å². The number of nitrogens with one attached hydrogen (secondary N) is 2. The molecule has 4 atom stereocenters. The lowest BCUT2D eigenvalue weighted by atomic mass is 9.62. The Hall–Kier alpha value is -5.27. The molecule has 5 aromatic carbocycles. The quantitative estimate of drug-likeness (QED) is 0.123. The van der Waals surface area contributed by atoms with E-state index in [1.54, 1.807) is 0 Å². The number of benzene rings is 5. The topological polar surface area (TPSA) is 111 Å². The van der Waals surface area contributed by atoms with E-state index in [9.17, 15) is 15.2 Å². The summed E-state index contributed by atoms with van der Waals surface area (Å²) < 4.78 is 38.6. The molecule has 0 aliphatic carbocycles. The molecule has 11 heteroatoms. The number of carbonyl (C=O) groups excluding carboxylic acids is 1. The molecule has 0 saturated carbocycles. The first-order chi connectivity index (χ1) is 26.7. The van der Waals surface area contributed by atoms with E-state index in [1.165, 1.54) is 43.5 Å². The number of ether oxygens (including phenoxy) is 1. The predicted molar refractivity (Wildman–Crippen MR) is 215 cm³/mol. The molecule has 3 N–H and O–H groups in total. The molecule has 1 fully saturated rings. The minimum absolute atomic E-state index is 0.000508. The van der Waals surface area contributed by atoms with E-state index in [1.807, 2.05) is 81.4 Å². The van der Waals surface area contributed by atoms with Crippen LogP contribution in [0.3, 0.4) is 0 Å². The smallest absolute Gasteiger partial charge is 0.336 e. The average Bonchev–Trinajstić information content (AvgIpc) is 3.47. The SMILES string of the molecule is COc1c(Cc2ccccc2)c(C(=O)O)cc(Cc2ccccc2)c1NC(=O)[C@@H]1N[C@@H](CC(C)(C)C)[C@](C#N)(c2ccc(Cl)cc2F)[C@H]1c1cccc(Cl)c1F. The molecule has 0 aromatic heterocycles. The normalized spacial score (nSPS) is 19.3. The van der Waals surface area contributed by atoms with Crippen molar-refractivity contribution in [3.63, 3.8) is 0 Å². The standard InChI is InChI=1S/C45H41Cl2F2N3O4/c1-44(2,3)24-36-45(25-50,33-19-18-29(46)23-35(33)48)37(30-16-11-17-34(47)38(30)49)40(51-36)42(53)52-39-28(20-26-12-7-5-8-13-26)22-32(43(54)55)31(41(39)56-4)21-27-14-9-6-10-15-27/h5-19,22-23,36-37,40,51H,20-21,24H2,1-4H3,(H,52,53)(H,54,55)/t36-,37-,40+,45-/m0/s1. The van der Waals surface area contributed by atoms with Gasteiger partial charge in [-0.1, -0.05) is 123 Å². The fraction of sp³-hybridized carbons (Fsp3) is 0.267. The van der Waals surface area contributed by atoms with Gasteiger partial charge in [-0.2, -0.15) is 5.26 Å². The summed E-state index contributed by atoms with van der Waals surface area (Å²) in [4.78, 5) is 28.0. The maximum atomic E-state index is 16.4. The Labute approximate surface area is 335 Å².